The van der Waals surface area contributed by atoms with Gasteiger partial charge in [-0.05, 0) is 33.4 Å². The van der Waals surface area contributed by atoms with Crippen LogP contribution in [0.25, 0.3) is 0 Å². The summed E-state index contributed by atoms with van der Waals surface area (Å²) in [5.41, 5.74) is 0. The van der Waals surface area contributed by atoms with Crippen LogP contribution in [0.2, 0.25) is 0 Å². The second-order valence-corrected chi connectivity index (χ2v) is 5.31. The Hall–Kier alpha value is -1.70. The third-order valence-corrected chi connectivity index (χ3v) is 3.60. The molecule has 2 aromatic rings. The minimum absolute atomic E-state index is 0.819. The summed E-state index contributed by atoms with van der Waals surface area (Å²) in [4.78, 5) is 8.39. The lowest BCUT2D eigenvalue weighted by molar-refractivity contribution is 0.504. The molecule has 3 N–H and O–H groups in total. The summed E-state index contributed by atoms with van der Waals surface area (Å²) in [6.07, 6.45) is 8.76. The van der Waals surface area contributed by atoms with Crippen molar-refractivity contribution in [3.05, 3.63) is 36.4 Å². The van der Waals surface area contributed by atoms with E-state index in [1.807, 2.05) is 38.6 Å². The van der Waals surface area contributed by atoms with Crippen LogP contribution in [0.3, 0.4) is 0 Å². The normalized spacial score (nSPS) is 11.2. The van der Waals surface area contributed by atoms with E-state index < -0.39 is 0 Å². The number of imidazole rings is 2. The van der Waals surface area contributed by atoms with Gasteiger partial charge in [-0.3, -0.25) is 10.6 Å². The molecular formula is C15H27N7. The summed E-state index contributed by atoms with van der Waals surface area (Å²) in [5, 5.41) is 10.2. The van der Waals surface area contributed by atoms with E-state index in [0.717, 1.165) is 57.6 Å². The molecule has 2 aromatic heterocycles. The molecule has 0 bridgehead atoms. The maximum Gasteiger partial charge on any atom is 0.106 e. The van der Waals surface area contributed by atoms with Crippen molar-refractivity contribution in [2.45, 2.75) is 33.6 Å². The summed E-state index contributed by atoms with van der Waals surface area (Å²) in [6.45, 7) is 9.65. The Morgan fingerprint density at radius 1 is 0.773 bits per heavy atom. The lowest BCUT2D eigenvalue weighted by Gasteiger charge is -2.09. The topological polar surface area (TPSA) is 71.7 Å². The summed E-state index contributed by atoms with van der Waals surface area (Å²) in [7, 11) is 0. The van der Waals surface area contributed by atoms with Gasteiger partial charge in [0.05, 0.1) is 13.3 Å². The number of rotatable bonds is 11. The molecule has 2 heterocycles. The number of hydrogen-bond donors (Lipinski definition) is 3. The summed E-state index contributed by atoms with van der Waals surface area (Å²) < 4.78 is 4.21. The number of aryl methyl sites for hydroxylation is 2. The second-order valence-electron chi connectivity index (χ2n) is 5.31. The van der Waals surface area contributed by atoms with Gasteiger partial charge in [0.15, 0.2) is 0 Å². The molecule has 0 spiro atoms. The predicted molar refractivity (Wildman–Crippen MR) is 87.4 cm³/mol. The lowest BCUT2D eigenvalue weighted by atomic mass is 10.4. The van der Waals surface area contributed by atoms with Crippen LogP contribution < -0.4 is 16.0 Å². The molecule has 0 aliphatic heterocycles. The molecule has 0 amide bonds. The zero-order chi connectivity index (χ0) is 15.6. The number of hydrogen-bond acceptors (Lipinski definition) is 5. The van der Waals surface area contributed by atoms with E-state index in [1.54, 1.807) is 0 Å². The molecule has 122 valence electrons. The van der Waals surface area contributed by atoms with E-state index in [2.05, 4.69) is 35.1 Å². The monoisotopic (exact) mass is 305 g/mol. The van der Waals surface area contributed by atoms with Crippen molar-refractivity contribution in [2.75, 3.05) is 26.2 Å². The van der Waals surface area contributed by atoms with E-state index in [1.165, 1.54) is 0 Å². The van der Waals surface area contributed by atoms with Crippen LogP contribution in [0.5, 0.6) is 0 Å². The lowest BCUT2D eigenvalue weighted by Crippen LogP contribution is -2.30. The standard InChI is InChI=1S/C15H27N7/c1-14-19-8-10-21(14)12-17-5-3-4-16-6-7-18-13-22-11-9-20-15(22)2/h8-11,16-18H,3-7,12-13H2,1-2H3. The van der Waals surface area contributed by atoms with Crippen LogP contribution in [0.1, 0.15) is 18.1 Å². The van der Waals surface area contributed by atoms with Crippen LogP contribution >= 0.6 is 0 Å². The van der Waals surface area contributed by atoms with Crippen LogP contribution in [-0.2, 0) is 13.3 Å². The van der Waals surface area contributed by atoms with Crippen molar-refractivity contribution in [2.24, 2.45) is 0 Å². The Morgan fingerprint density at radius 3 is 1.82 bits per heavy atom. The zero-order valence-electron chi connectivity index (χ0n) is 13.5. The third-order valence-electron chi connectivity index (χ3n) is 3.60. The maximum absolute atomic E-state index is 4.20. The molecule has 7 heteroatoms. The highest BCUT2D eigenvalue weighted by Crippen LogP contribution is 1.92. The first kappa shape index (κ1) is 16.7. The largest absolute Gasteiger partial charge is 0.322 e. The fourth-order valence-electron chi connectivity index (χ4n) is 2.18. The van der Waals surface area contributed by atoms with E-state index in [0.29, 0.717) is 0 Å². The molecule has 0 radical (unpaired) electrons. The third kappa shape index (κ3) is 5.59. The molecule has 0 atom stereocenters. The molecule has 7 nitrogen and oxygen atoms in total. The number of nitrogens with zero attached hydrogens (tertiary/aromatic N) is 4. The predicted octanol–water partition coefficient (Wildman–Crippen LogP) is 0.471. The molecule has 0 aromatic carbocycles. The minimum Gasteiger partial charge on any atom is -0.322 e. The second kappa shape index (κ2) is 9.34. The van der Waals surface area contributed by atoms with Crippen molar-refractivity contribution >= 4 is 0 Å². The summed E-state index contributed by atoms with van der Waals surface area (Å²) in [6, 6.07) is 0. The minimum atomic E-state index is 0.819. The quantitative estimate of drug-likeness (QED) is 0.527. The van der Waals surface area contributed by atoms with Crippen LogP contribution in [-0.4, -0.2) is 45.3 Å². The first-order valence-corrected chi connectivity index (χ1v) is 7.85. The van der Waals surface area contributed by atoms with E-state index in [-0.39, 0.29) is 0 Å². The Balaban J connectivity index is 1.39. The van der Waals surface area contributed by atoms with Crippen LogP contribution in [0.15, 0.2) is 24.8 Å². The molecule has 0 aliphatic carbocycles. The van der Waals surface area contributed by atoms with Gasteiger partial charge in [0.2, 0.25) is 0 Å². The SMILES string of the molecule is Cc1nccn1CNCCCNCCNCn1ccnc1C. The Bertz CT molecular complexity index is 483. The van der Waals surface area contributed by atoms with Crippen LogP contribution in [0.4, 0.5) is 0 Å². The first-order chi connectivity index (χ1) is 10.8. The number of aromatic nitrogens is 4. The van der Waals surface area contributed by atoms with Crippen molar-refractivity contribution in [3.8, 4) is 0 Å². The average Bonchev–Trinajstić information content (AvgIpc) is 3.10. The highest BCUT2D eigenvalue weighted by atomic mass is 15.2. The number of nitrogens with one attached hydrogen (secondary N) is 3. The Morgan fingerprint density at radius 2 is 1.27 bits per heavy atom. The maximum atomic E-state index is 4.20. The van der Waals surface area contributed by atoms with E-state index in [9.17, 15) is 0 Å². The Kier molecular flexibility index (Phi) is 7.08. The average molecular weight is 305 g/mol. The molecular weight excluding hydrogens is 278 g/mol. The van der Waals surface area contributed by atoms with Gasteiger partial charge in [-0.1, -0.05) is 0 Å². The molecule has 0 unspecified atom stereocenters. The van der Waals surface area contributed by atoms with Crippen molar-refractivity contribution in [1.29, 1.82) is 0 Å². The summed E-state index contributed by atoms with van der Waals surface area (Å²) in [5.74, 6) is 2.09. The van der Waals surface area contributed by atoms with Gasteiger partial charge in [0, 0.05) is 37.9 Å². The molecule has 0 saturated heterocycles. The van der Waals surface area contributed by atoms with Gasteiger partial charge < -0.3 is 14.5 Å². The van der Waals surface area contributed by atoms with Gasteiger partial charge >= 0.3 is 0 Å². The fraction of sp³-hybridized carbons (Fsp3) is 0.600. The molecule has 2 rings (SSSR count). The van der Waals surface area contributed by atoms with Crippen molar-refractivity contribution in [1.82, 2.24) is 35.1 Å². The van der Waals surface area contributed by atoms with Gasteiger partial charge in [0.25, 0.3) is 0 Å². The molecule has 0 aliphatic rings. The van der Waals surface area contributed by atoms with Gasteiger partial charge in [-0.15, -0.1) is 0 Å². The fourth-order valence-corrected chi connectivity index (χ4v) is 2.18. The summed E-state index contributed by atoms with van der Waals surface area (Å²) >= 11 is 0. The molecule has 0 saturated carbocycles. The van der Waals surface area contributed by atoms with Crippen molar-refractivity contribution in [3.63, 3.8) is 0 Å². The molecule has 22 heavy (non-hydrogen) atoms. The van der Waals surface area contributed by atoms with Crippen molar-refractivity contribution < 1.29 is 0 Å². The smallest absolute Gasteiger partial charge is 0.106 e. The highest BCUT2D eigenvalue weighted by molar-refractivity contribution is 4.88. The van der Waals surface area contributed by atoms with Gasteiger partial charge in [-0.2, -0.15) is 0 Å². The highest BCUT2D eigenvalue weighted by Gasteiger charge is 1.96. The van der Waals surface area contributed by atoms with Gasteiger partial charge in [-0.25, -0.2) is 9.97 Å². The van der Waals surface area contributed by atoms with E-state index >= 15 is 0 Å². The van der Waals surface area contributed by atoms with Gasteiger partial charge in [0.1, 0.15) is 11.6 Å². The first-order valence-electron chi connectivity index (χ1n) is 7.85. The Labute approximate surface area is 132 Å². The van der Waals surface area contributed by atoms with E-state index in [4.69, 9.17) is 0 Å². The molecule has 0 fully saturated rings. The zero-order valence-corrected chi connectivity index (χ0v) is 13.5. The van der Waals surface area contributed by atoms with Crippen LogP contribution in [0, 0.1) is 13.8 Å².